The third-order valence-electron chi connectivity index (χ3n) is 7.11. The van der Waals surface area contributed by atoms with Gasteiger partial charge < -0.3 is 15.7 Å². The summed E-state index contributed by atoms with van der Waals surface area (Å²) in [6, 6.07) is 22.8. The SMILES string of the molecule is Cc1ccc(-c2nc(-c3ccccc3)c(NC(=O)NC3c4ccccc4C(C)(C)C[C@H]3O)cc2C)cn1. The first kappa shape index (κ1) is 24.7. The van der Waals surface area contributed by atoms with E-state index in [9.17, 15) is 9.90 Å². The minimum atomic E-state index is -0.694. The quantitative estimate of drug-likeness (QED) is 0.311. The molecule has 0 bridgehead atoms. The molecular formula is C31H32N4O2. The smallest absolute Gasteiger partial charge is 0.319 e. The molecule has 1 aliphatic carbocycles. The maximum Gasteiger partial charge on any atom is 0.319 e. The first-order chi connectivity index (χ1) is 17.7. The Morgan fingerprint density at radius 2 is 1.68 bits per heavy atom. The first-order valence-corrected chi connectivity index (χ1v) is 12.6. The Morgan fingerprint density at radius 1 is 0.946 bits per heavy atom. The van der Waals surface area contributed by atoms with Crippen molar-refractivity contribution >= 4 is 11.7 Å². The second kappa shape index (κ2) is 9.79. The number of aliphatic hydroxyl groups is 1. The van der Waals surface area contributed by atoms with Gasteiger partial charge in [0.15, 0.2) is 0 Å². The Balaban J connectivity index is 1.48. The zero-order valence-corrected chi connectivity index (χ0v) is 21.6. The van der Waals surface area contributed by atoms with Gasteiger partial charge in [0.1, 0.15) is 0 Å². The van der Waals surface area contributed by atoms with E-state index in [4.69, 9.17) is 4.98 Å². The molecular weight excluding hydrogens is 460 g/mol. The molecule has 0 aliphatic heterocycles. The molecule has 0 spiro atoms. The van der Waals surface area contributed by atoms with Crippen LogP contribution in [0.1, 0.15) is 48.7 Å². The zero-order chi connectivity index (χ0) is 26.2. The number of carbonyl (C=O) groups excluding carboxylic acids is 1. The van der Waals surface area contributed by atoms with Gasteiger partial charge in [-0.1, -0.05) is 68.4 Å². The van der Waals surface area contributed by atoms with Crippen LogP contribution in [0.5, 0.6) is 0 Å². The second-order valence-corrected chi connectivity index (χ2v) is 10.4. The molecule has 0 radical (unpaired) electrons. The minimum Gasteiger partial charge on any atom is -0.391 e. The van der Waals surface area contributed by atoms with Crippen molar-refractivity contribution in [2.24, 2.45) is 0 Å². The Hall–Kier alpha value is -4.03. The largest absolute Gasteiger partial charge is 0.391 e. The van der Waals surface area contributed by atoms with Crippen molar-refractivity contribution in [2.45, 2.75) is 51.7 Å². The molecule has 2 atom stereocenters. The van der Waals surface area contributed by atoms with Crippen LogP contribution in [0.25, 0.3) is 22.5 Å². The molecule has 2 heterocycles. The molecule has 3 N–H and O–H groups in total. The molecule has 6 heteroatoms. The maximum atomic E-state index is 13.3. The summed E-state index contributed by atoms with van der Waals surface area (Å²) in [7, 11) is 0. The molecule has 0 fully saturated rings. The lowest BCUT2D eigenvalue weighted by molar-refractivity contribution is 0.0883. The van der Waals surface area contributed by atoms with Gasteiger partial charge in [0, 0.05) is 23.0 Å². The summed E-state index contributed by atoms with van der Waals surface area (Å²) in [5.41, 5.74) is 7.67. The number of aromatic nitrogens is 2. The van der Waals surface area contributed by atoms with Crippen LogP contribution in [-0.4, -0.2) is 27.2 Å². The minimum absolute atomic E-state index is 0.174. The number of pyridine rings is 2. The van der Waals surface area contributed by atoms with Crippen LogP contribution in [0.4, 0.5) is 10.5 Å². The number of anilines is 1. The van der Waals surface area contributed by atoms with Crippen LogP contribution in [0.3, 0.4) is 0 Å². The number of nitrogens with one attached hydrogen (secondary N) is 2. The van der Waals surface area contributed by atoms with Crippen molar-refractivity contribution in [2.75, 3.05) is 5.32 Å². The summed E-state index contributed by atoms with van der Waals surface area (Å²) in [4.78, 5) is 22.7. The standard InChI is InChI=1S/C31H32N4O2/c1-19-16-25(28(21-10-6-5-7-11-21)34-27(19)22-15-14-20(2)32-18-22)33-30(37)35-29-23-12-8-9-13-24(23)31(3,4)17-26(29)36/h5-16,18,26,29,36H,17H2,1-4H3,(H2,33,35,37)/t26-,29?/m1/s1. The van der Waals surface area contributed by atoms with Gasteiger partial charge in [-0.2, -0.15) is 0 Å². The van der Waals surface area contributed by atoms with E-state index in [0.29, 0.717) is 17.8 Å². The van der Waals surface area contributed by atoms with Crippen molar-refractivity contribution in [1.82, 2.24) is 15.3 Å². The number of hydrogen-bond acceptors (Lipinski definition) is 4. The second-order valence-electron chi connectivity index (χ2n) is 10.4. The van der Waals surface area contributed by atoms with Gasteiger partial charge in [0.25, 0.3) is 0 Å². The van der Waals surface area contributed by atoms with Crippen LogP contribution in [0, 0.1) is 13.8 Å². The predicted octanol–water partition coefficient (Wildman–Crippen LogP) is 6.33. The van der Waals surface area contributed by atoms with E-state index in [0.717, 1.165) is 39.2 Å². The van der Waals surface area contributed by atoms with Crippen LogP contribution >= 0.6 is 0 Å². The Labute approximate surface area is 217 Å². The lowest BCUT2D eigenvalue weighted by atomic mass is 9.70. The highest BCUT2D eigenvalue weighted by atomic mass is 16.3. The third kappa shape index (κ3) is 4.98. The summed E-state index contributed by atoms with van der Waals surface area (Å²) in [5.74, 6) is 0. The zero-order valence-electron chi connectivity index (χ0n) is 21.6. The average molecular weight is 493 g/mol. The normalized spacial score (nSPS) is 18.1. The van der Waals surface area contributed by atoms with Gasteiger partial charge in [0.2, 0.25) is 0 Å². The van der Waals surface area contributed by atoms with E-state index >= 15 is 0 Å². The molecule has 2 aromatic carbocycles. The summed E-state index contributed by atoms with van der Waals surface area (Å²) in [6.07, 6.45) is 1.69. The highest BCUT2D eigenvalue weighted by Crippen LogP contribution is 2.41. The van der Waals surface area contributed by atoms with Gasteiger partial charge in [-0.3, -0.25) is 4.98 Å². The first-order valence-electron chi connectivity index (χ1n) is 12.6. The van der Waals surface area contributed by atoms with Crippen LogP contribution in [-0.2, 0) is 5.41 Å². The van der Waals surface area contributed by atoms with E-state index in [1.807, 2.05) is 86.8 Å². The number of aliphatic hydroxyl groups excluding tert-OH is 1. The number of benzene rings is 2. The van der Waals surface area contributed by atoms with Gasteiger partial charge in [-0.15, -0.1) is 0 Å². The van der Waals surface area contributed by atoms with Crippen molar-refractivity contribution < 1.29 is 9.90 Å². The molecule has 5 rings (SSSR count). The number of amides is 2. The monoisotopic (exact) mass is 492 g/mol. The molecule has 2 amide bonds. The van der Waals surface area contributed by atoms with Gasteiger partial charge in [-0.05, 0) is 60.6 Å². The fourth-order valence-electron chi connectivity index (χ4n) is 5.24. The van der Waals surface area contributed by atoms with Crippen molar-refractivity contribution in [1.29, 1.82) is 0 Å². The summed E-state index contributed by atoms with van der Waals surface area (Å²) in [5, 5.41) is 17.0. The predicted molar refractivity (Wildman–Crippen MR) is 147 cm³/mol. The summed E-state index contributed by atoms with van der Waals surface area (Å²) >= 11 is 0. The molecule has 188 valence electrons. The molecule has 4 aromatic rings. The topological polar surface area (TPSA) is 87.1 Å². The molecule has 37 heavy (non-hydrogen) atoms. The number of nitrogens with zero attached hydrogens (tertiary/aromatic N) is 2. The summed E-state index contributed by atoms with van der Waals surface area (Å²) in [6.45, 7) is 8.17. The number of carbonyl (C=O) groups is 1. The van der Waals surface area contributed by atoms with E-state index in [1.54, 1.807) is 0 Å². The number of urea groups is 1. The average Bonchev–Trinajstić information content (AvgIpc) is 2.88. The molecule has 0 saturated heterocycles. The van der Waals surface area contributed by atoms with Crippen LogP contribution in [0.2, 0.25) is 0 Å². The fraction of sp³-hybridized carbons (Fsp3) is 0.258. The van der Waals surface area contributed by atoms with E-state index < -0.39 is 12.1 Å². The molecule has 0 saturated carbocycles. The van der Waals surface area contributed by atoms with Crippen molar-refractivity contribution in [3.05, 3.63) is 101 Å². The molecule has 1 aliphatic rings. The van der Waals surface area contributed by atoms with Crippen LogP contribution in [0.15, 0.2) is 79.0 Å². The highest BCUT2D eigenvalue weighted by molar-refractivity contribution is 5.94. The number of aryl methyl sites for hydroxylation is 2. The number of rotatable bonds is 4. The molecule has 2 aromatic heterocycles. The van der Waals surface area contributed by atoms with Crippen LogP contribution < -0.4 is 10.6 Å². The Morgan fingerprint density at radius 3 is 2.41 bits per heavy atom. The number of hydrogen-bond donors (Lipinski definition) is 3. The van der Waals surface area contributed by atoms with Crippen molar-refractivity contribution in [3.8, 4) is 22.5 Å². The molecule has 1 unspecified atom stereocenters. The molecule has 6 nitrogen and oxygen atoms in total. The fourth-order valence-corrected chi connectivity index (χ4v) is 5.24. The van der Waals surface area contributed by atoms with Gasteiger partial charge in [-0.25, -0.2) is 9.78 Å². The lowest BCUT2D eigenvalue weighted by Gasteiger charge is -2.40. The highest BCUT2D eigenvalue weighted by Gasteiger charge is 2.39. The van der Waals surface area contributed by atoms with E-state index in [1.165, 1.54) is 0 Å². The van der Waals surface area contributed by atoms with E-state index in [2.05, 4.69) is 35.5 Å². The van der Waals surface area contributed by atoms with Gasteiger partial charge in [0.05, 0.1) is 29.2 Å². The maximum absolute atomic E-state index is 13.3. The Bertz CT molecular complexity index is 1430. The lowest BCUT2D eigenvalue weighted by Crippen LogP contribution is -2.45. The third-order valence-corrected chi connectivity index (χ3v) is 7.11. The number of fused-ring (bicyclic) bond motifs is 1. The van der Waals surface area contributed by atoms with E-state index in [-0.39, 0.29) is 11.4 Å². The summed E-state index contributed by atoms with van der Waals surface area (Å²) < 4.78 is 0. The van der Waals surface area contributed by atoms with Crippen molar-refractivity contribution in [3.63, 3.8) is 0 Å². The Kier molecular flexibility index (Phi) is 6.52. The van der Waals surface area contributed by atoms with Gasteiger partial charge >= 0.3 is 6.03 Å².